The Morgan fingerprint density at radius 1 is 1.36 bits per heavy atom. The van der Waals surface area contributed by atoms with Gasteiger partial charge in [0.15, 0.2) is 5.84 Å². The summed E-state index contributed by atoms with van der Waals surface area (Å²) in [6.07, 6.45) is 0. The number of benzene rings is 1. The SMILES string of the molecule is Cl.N/C(=N\O)C(NO)c1ccccc1. The second-order valence-corrected chi connectivity index (χ2v) is 2.50. The molecule has 0 aliphatic heterocycles. The highest BCUT2D eigenvalue weighted by atomic mass is 35.5. The van der Waals surface area contributed by atoms with Gasteiger partial charge in [0, 0.05) is 0 Å². The fourth-order valence-electron chi connectivity index (χ4n) is 1.01. The number of rotatable bonds is 3. The van der Waals surface area contributed by atoms with Gasteiger partial charge in [0.05, 0.1) is 0 Å². The van der Waals surface area contributed by atoms with Gasteiger partial charge in [-0.1, -0.05) is 35.5 Å². The first kappa shape index (κ1) is 12.7. The molecule has 1 unspecified atom stereocenters. The summed E-state index contributed by atoms with van der Waals surface area (Å²) in [5.41, 5.74) is 8.01. The molecule has 0 heterocycles. The minimum absolute atomic E-state index is 0. The van der Waals surface area contributed by atoms with Crippen molar-refractivity contribution in [1.82, 2.24) is 5.48 Å². The number of hydrogen-bond acceptors (Lipinski definition) is 4. The summed E-state index contributed by atoms with van der Waals surface area (Å²) >= 11 is 0. The Labute approximate surface area is 87.6 Å². The lowest BCUT2D eigenvalue weighted by Gasteiger charge is -2.12. The number of nitrogens with two attached hydrogens (primary N) is 1. The lowest BCUT2D eigenvalue weighted by molar-refractivity contribution is 0.148. The molecule has 1 atom stereocenters. The first-order valence-corrected chi connectivity index (χ1v) is 3.71. The van der Waals surface area contributed by atoms with Crippen LogP contribution in [0.3, 0.4) is 0 Å². The molecule has 0 fully saturated rings. The van der Waals surface area contributed by atoms with E-state index in [4.69, 9.17) is 16.1 Å². The van der Waals surface area contributed by atoms with Gasteiger partial charge in [-0.2, -0.15) is 5.48 Å². The zero-order valence-corrected chi connectivity index (χ0v) is 8.11. The van der Waals surface area contributed by atoms with Gasteiger partial charge in [0.1, 0.15) is 6.04 Å². The Morgan fingerprint density at radius 3 is 2.36 bits per heavy atom. The van der Waals surface area contributed by atoms with E-state index in [2.05, 4.69) is 5.16 Å². The average molecular weight is 218 g/mol. The molecule has 0 aromatic heterocycles. The highest BCUT2D eigenvalue weighted by Crippen LogP contribution is 2.11. The van der Waals surface area contributed by atoms with Crippen molar-refractivity contribution in [2.45, 2.75) is 6.04 Å². The van der Waals surface area contributed by atoms with Crippen molar-refractivity contribution in [3.63, 3.8) is 0 Å². The molecule has 5 nitrogen and oxygen atoms in total. The van der Waals surface area contributed by atoms with E-state index in [1.54, 1.807) is 24.3 Å². The molecule has 0 saturated carbocycles. The number of nitrogens with one attached hydrogen (secondary N) is 1. The lowest BCUT2D eigenvalue weighted by Crippen LogP contribution is -2.31. The van der Waals surface area contributed by atoms with Crippen molar-refractivity contribution in [3.8, 4) is 0 Å². The van der Waals surface area contributed by atoms with E-state index in [0.29, 0.717) is 0 Å². The zero-order chi connectivity index (χ0) is 9.68. The van der Waals surface area contributed by atoms with Gasteiger partial charge in [0.25, 0.3) is 0 Å². The monoisotopic (exact) mass is 217 g/mol. The summed E-state index contributed by atoms with van der Waals surface area (Å²) in [5, 5.41) is 20.0. The van der Waals surface area contributed by atoms with Gasteiger partial charge < -0.3 is 16.1 Å². The number of oxime groups is 1. The maximum absolute atomic E-state index is 8.76. The van der Waals surface area contributed by atoms with Crippen LogP contribution in [-0.2, 0) is 0 Å². The van der Waals surface area contributed by atoms with E-state index in [1.165, 1.54) is 0 Å². The van der Waals surface area contributed by atoms with Crippen molar-refractivity contribution in [1.29, 1.82) is 0 Å². The summed E-state index contributed by atoms with van der Waals surface area (Å²) in [4.78, 5) is 0. The highest BCUT2D eigenvalue weighted by molar-refractivity contribution is 5.86. The molecule has 0 aliphatic rings. The predicted molar refractivity (Wildman–Crippen MR) is 54.8 cm³/mol. The van der Waals surface area contributed by atoms with Crippen LogP contribution >= 0.6 is 12.4 Å². The van der Waals surface area contributed by atoms with Crippen LogP contribution in [0.5, 0.6) is 0 Å². The number of amidine groups is 1. The van der Waals surface area contributed by atoms with Crippen molar-refractivity contribution >= 4 is 18.2 Å². The Bertz CT molecular complexity index is 292. The molecular formula is C8H12ClN3O2. The van der Waals surface area contributed by atoms with Crippen LogP contribution in [0, 0.1) is 0 Å². The summed E-state index contributed by atoms with van der Waals surface area (Å²) in [5.74, 6) is -0.0892. The second kappa shape index (κ2) is 6.20. The normalized spacial score (nSPS) is 13.1. The van der Waals surface area contributed by atoms with Crippen molar-refractivity contribution in [2.24, 2.45) is 10.9 Å². The summed E-state index contributed by atoms with van der Waals surface area (Å²) in [6.45, 7) is 0. The summed E-state index contributed by atoms with van der Waals surface area (Å²) in [7, 11) is 0. The summed E-state index contributed by atoms with van der Waals surface area (Å²) in [6, 6.07) is 8.27. The van der Waals surface area contributed by atoms with Gasteiger partial charge in [0.2, 0.25) is 0 Å². The molecule has 0 aliphatic carbocycles. The van der Waals surface area contributed by atoms with Crippen LogP contribution in [0.2, 0.25) is 0 Å². The van der Waals surface area contributed by atoms with E-state index < -0.39 is 6.04 Å². The molecule has 6 heteroatoms. The smallest absolute Gasteiger partial charge is 0.163 e. The lowest BCUT2D eigenvalue weighted by atomic mass is 10.1. The number of nitrogens with zero attached hydrogens (tertiary/aromatic N) is 1. The molecule has 1 rings (SSSR count). The first-order valence-electron chi connectivity index (χ1n) is 3.71. The Morgan fingerprint density at radius 2 is 1.93 bits per heavy atom. The van der Waals surface area contributed by atoms with Gasteiger partial charge >= 0.3 is 0 Å². The summed E-state index contributed by atoms with van der Waals surface area (Å²) < 4.78 is 0. The largest absolute Gasteiger partial charge is 0.409 e. The van der Waals surface area contributed by atoms with Gasteiger partial charge in [-0.3, -0.25) is 0 Å². The van der Waals surface area contributed by atoms with E-state index in [1.807, 2.05) is 11.5 Å². The Kier molecular flexibility index (Phi) is 5.62. The Balaban J connectivity index is 0.00000169. The molecule has 0 radical (unpaired) electrons. The first-order chi connectivity index (χ1) is 6.29. The van der Waals surface area contributed by atoms with E-state index >= 15 is 0 Å². The van der Waals surface area contributed by atoms with Gasteiger partial charge in [-0.25, -0.2) is 0 Å². The van der Waals surface area contributed by atoms with Crippen LogP contribution in [0.15, 0.2) is 35.5 Å². The van der Waals surface area contributed by atoms with E-state index in [9.17, 15) is 0 Å². The Hall–Kier alpha value is -1.30. The third-order valence-electron chi connectivity index (χ3n) is 1.67. The van der Waals surface area contributed by atoms with E-state index in [0.717, 1.165) is 5.56 Å². The quantitative estimate of drug-likeness (QED) is 0.262. The van der Waals surface area contributed by atoms with Crippen LogP contribution < -0.4 is 11.2 Å². The fourth-order valence-corrected chi connectivity index (χ4v) is 1.01. The number of hydrogen-bond donors (Lipinski definition) is 4. The topological polar surface area (TPSA) is 90.9 Å². The average Bonchev–Trinajstić information content (AvgIpc) is 2.20. The van der Waals surface area contributed by atoms with Gasteiger partial charge in [-0.05, 0) is 5.56 Å². The maximum Gasteiger partial charge on any atom is 0.163 e. The number of hydroxylamine groups is 1. The molecule has 0 amide bonds. The van der Waals surface area contributed by atoms with Crippen molar-refractivity contribution < 1.29 is 10.4 Å². The highest BCUT2D eigenvalue weighted by Gasteiger charge is 2.14. The minimum Gasteiger partial charge on any atom is -0.409 e. The van der Waals surface area contributed by atoms with Crippen LogP contribution in [0.4, 0.5) is 0 Å². The molecular weight excluding hydrogens is 206 g/mol. The maximum atomic E-state index is 8.76. The third-order valence-corrected chi connectivity index (χ3v) is 1.67. The molecule has 0 saturated heterocycles. The fraction of sp³-hybridized carbons (Fsp3) is 0.125. The molecule has 78 valence electrons. The predicted octanol–water partition coefficient (Wildman–Crippen LogP) is 0.875. The molecule has 0 spiro atoms. The van der Waals surface area contributed by atoms with Gasteiger partial charge in [-0.15, -0.1) is 12.4 Å². The number of halogens is 1. The van der Waals surface area contributed by atoms with E-state index in [-0.39, 0.29) is 18.2 Å². The molecule has 1 aromatic carbocycles. The molecule has 1 aromatic rings. The standard InChI is InChI=1S/C8H11N3O2.ClH/c9-8(11-13)7(10-12)6-4-2-1-3-5-6;/h1-5,7,10,12-13H,(H2,9,11);1H. The van der Waals surface area contributed by atoms with Crippen molar-refractivity contribution in [2.75, 3.05) is 0 Å². The molecule has 0 bridgehead atoms. The van der Waals surface area contributed by atoms with Crippen LogP contribution in [-0.4, -0.2) is 16.3 Å². The molecule has 5 N–H and O–H groups in total. The zero-order valence-electron chi connectivity index (χ0n) is 7.29. The van der Waals surface area contributed by atoms with Crippen molar-refractivity contribution in [3.05, 3.63) is 35.9 Å². The minimum atomic E-state index is -0.675. The molecule has 14 heavy (non-hydrogen) atoms. The second-order valence-electron chi connectivity index (χ2n) is 2.50. The van der Waals surface area contributed by atoms with Crippen LogP contribution in [0.25, 0.3) is 0 Å². The third kappa shape index (κ3) is 2.88. The van der Waals surface area contributed by atoms with Crippen LogP contribution in [0.1, 0.15) is 11.6 Å².